The molecule has 1 aliphatic heterocycles. The molecule has 80 valence electrons. The van der Waals surface area contributed by atoms with Gasteiger partial charge in [0, 0.05) is 0 Å². The fourth-order valence-corrected chi connectivity index (χ4v) is 1.53. The summed E-state index contributed by atoms with van der Waals surface area (Å²) in [6.45, 7) is 0. The fraction of sp³-hybridized carbons (Fsp3) is 0.300. The molecule has 2 rings (SSSR count). The van der Waals surface area contributed by atoms with Crippen molar-refractivity contribution in [3.8, 4) is 0 Å². The van der Waals surface area contributed by atoms with Gasteiger partial charge < -0.3 is 5.32 Å². The van der Waals surface area contributed by atoms with E-state index in [0.717, 1.165) is 5.56 Å². The van der Waals surface area contributed by atoms with Crippen molar-refractivity contribution >= 4 is 17.5 Å². The van der Waals surface area contributed by atoms with Gasteiger partial charge in [0.05, 0.1) is 6.42 Å². The summed E-state index contributed by atoms with van der Waals surface area (Å²) in [4.78, 5) is 11.5. The second-order valence-corrected chi connectivity index (χ2v) is 3.87. The van der Waals surface area contributed by atoms with E-state index >= 15 is 0 Å². The summed E-state index contributed by atoms with van der Waals surface area (Å²) in [7, 11) is 0. The Morgan fingerprint density at radius 3 is 2.60 bits per heavy atom. The third-order valence-electron chi connectivity index (χ3n) is 2.19. The van der Waals surface area contributed by atoms with E-state index in [1.54, 1.807) is 0 Å². The lowest BCUT2D eigenvalue weighted by Crippen LogP contribution is -2.71. The van der Waals surface area contributed by atoms with Gasteiger partial charge in [0.1, 0.15) is 11.7 Å². The first-order valence-electron chi connectivity index (χ1n) is 4.74. The van der Waals surface area contributed by atoms with Crippen LogP contribution in [0.3, 0.4) is 0 Å². The van der Waals surface area contributed by atoms with E-state index in [0.29, 0.717) is 6.42 Å². The highest BCUT2D eigenvalue weighted by Crippen LogP contribution is 2.04. The summed E-state index contributed by atoms with van der Waals surface area (Å²) in [6, 6.07) is 9.59. The molecule has 1 saturated heterocycles. The molecule has 1 aliphatic rings. The second-order valence-electron chi connectivity index (χ2n) is 3.40. The van der Waals surface area contributed by atoms with Crippen LogP contribution in [0.25, 0.3) is 0 Å². The first-order chi connectivity index (χ1) is 7.25. The number of amides is 1. The maximum Gasteiger partial charge on any atom is 0.225 e. The topological polar surface area (TPSA) is 53.2 Å². The molecular weight excluding hydrogens is 214 g/mol. The molecule has 0 aromatic heterocycles. The van der Waals surface area contributed by atoms with Crippen LogP contribution < -0.4 is 16.2 Å². The van der Waals surface area contributed by atoms with Gasteiger partial charge in [-0.05, 0) is 5.56 Å². The van der Waals surface area contributed by atoms with Gasteiger partial charge in [0.15, 0.2) is 0 Å². The van der Waals surface area contributed by atoms with Crippen LogP contribution in [0.5, 0.6) is 0 Å². The minimum absolute atomic E-state index is 0.0362. The number of alkyl halides is 1. The van der Waals surface area contributed by atoms with Gasteiger partial charge in [-0.1, -0.05) is 30.3 Å². The van der Waals surface area contributed by atoms with Crippen LogP contribution in [0.2, 0.25) is 0 Å². The molecule has 1 amide bonds. The Balaban J connectivity index is 1.82. The SMILES string of the molecule is O=C(Cc1ccccc1)NC1NN[C@@H]1Cl. The van der Waals surface area contributed by atoms with E-state index in [1.165, 1.54) is 0 Å². The van der Waals surface area contributed by atoms with E-state index < -0.39 is 0 Å². The lowest BCUT2D eigenvalue weighted by Gasteiger charge is -2.35. The van der Waals surface area contributed by atoms with Gasteiger partial charge in [0.25, 0.3) is 0 Å². The van der Waals surface area contributed by atoms with E-state index in [-0.39, 0.29) is 17.6 Å². The molecule has 0 saturated carbocycles. The zero-order valence-corrected chi connectivity index (χ0v) is 8.79. The number of benzene rings is 1. The van der Waals surface area contributed by atoms with Crippen molar-refractivity contribution in [2.24, 2.45) is 0 Å². The number of rotatable bonds is 3. The first kappa shape index (κ1) is 10.4. The molecule has 2 atom stereocenters. The largest absolute Gasteiger partial charge is 0.337 e. The first-order valence-corrected chi connectivity index (χ1v) is 5.18. The Labute approximate surface area is 93.0 Å². The van der Waals surface area contributed by atoms with Crippen LogP contribution in [0, 0.1) is 0 Å². The minimum Gasteiger partial charge on any atom is -0.337 e. The fourth-order valence-electron chi connectivity index (χ4n) is 1.34. The van der Waals surface area contributed by atoms with Crippen LogP contribution in [0.15, 0.2) is 30.3 Å². The molecule has 5 heteroatoms. The van der Waals surface area contributed by atoms with E-state index in [1.807, 2.05) is 30.3 Å². The lowest BCUT2D eigenvalue weighted by molar-refractivity contribution is -0.122. The van der Waals surface area contributed by atoms with E-state index in [2.05, 4.69) is 16.2 Å². The Bertz CT molecular complexity index is 344. The minimum atomic E-state index is -0.232. The second kappa shape index (κ2) is 4.61. The average molecular weight is 226 g/mol. The Morgan fingerprint density at radius 2 is 2.07 bits per heavy atom. The highest BCUT2D eigenvalue weighted by molar-refractivity contribution is 6.21. The predicted molar refractivity (Wildman–Crippen MR) is 58.0 cm³/mol. The summed E-state index contributed by atoms with van der Waals surface area (Å²) in [5.74, 6) is -0.0362. The maximum atomic E-state index is 11.5. The summed E-state index contributed by atoms with van der Waals surface area (Å²) in [5.41, 5.74) is 6.29. The number of nitrogens with one attached hydrogen (secondary N) is 3. The number of hydrazine groups is 1. The van der Waals surface area contributed by atoms with Crippen molar-refractivity contribution in [3.63, 3.8) is 0 Å². The van der Waals surface area contributed by atoms with Crippen molar-refractivity contribution in [1.29, 1.82) is 0 Å². The van der Waals surface area contributed by atoms with Crippen molar-refractivity contribution < 1.29 is 4.79 Å². The zero-order chi connectivity index (χ0) is 10.7. The molecule has 1 aromatic carbocycles. The zero-order valence-electron chi connectivity index (χ0n) is 8.03. The summed E-state index contributed by atoms with van der Waals surface area (Å²) < 4.78 is 0. The number of hydrogen-bond acceptors (Lipinski definition) is 3. The van der Waals surface area contributed by atoms with Crippen molar-refractivity contribution in [2.75, 3.05) is 0 Å². The number of carbonyl (C=O) groups is 1. The predicted octanol–water partition coefficient (Wildman–Crippen LogP) is 0.344. The monoisotopic (exact) mass is 225 g/mol. The standard InChI is InChI=1S/C10H12ClN3O/c11-9-10(14-13-9)12-8(15)6-7-4-2-1-3-5-7/h1-5,9-10,13-14H,6H2,(H,12,15)/t9-,10?/m0/s1. The van der Waals surface area contributed by atoms with Crippen LogP contribution >= 0.6 is 11.6 Å². The lowest BCUT2D eigenvalue weighted by atomic mass is 10.1. The van der Waals surface area contributed by atoms with Crippen LogP contribution in [-0.2, 0) is 11.2 Å². The van der Waals surface area contributed by atoms with Crippen molar-refractivity contribution in [1.82, 2.24) is 16.2 Å². The molecule has 4 nitrogen and oxygen atoms in total. The molecule has 0 spiro atoms. The normalized spacial score (nSPS) is 24.3. The van der Waals surface area contributed by atoms with Crippen LogP contribution in [0.1, 0.15) is 5.56 Å². The molecule has 0 aliphatic carbocycles. The Kier molecular flexibility index (Phi) is 3.20. The smallest absolute Gasteiger partial charge is 0.225 e. The maximum absolute atomic E-state index is 11.5. The molecule has 1 heterocycles. The number of hydrogen-bond donors (Lipinski definition) is 3. The van der Waals surface area contributed by atoms with Gasteiger partial charge in [-0.2, -0.15) is 0 Å². The highest BCUT2D eigenvalue weighted by atomic mass is 35.5. The van der Waals surface area contributed by atoms with E-state index in [9.17, 15) is 4.79 Å². The molecule has 15 heavy (non-hydrogen) atoms. The average Bonchev–Trinajstić information content (AvgIpc) is 2.25. The van der Waals surface area contributed by atoms with Crippen molar-refractivity contribution in [3.05, 3.63) is 35.9 Å². The van der Waals surface area contributed by atoms with Crippen molar-refractivity contribution in [2.45, 2.75) is 18.1 Å². The number of carbonyl (C=O) groups excluding carboxylic acids is 1. The molecular formula is C10H12ClN3O. The van der Waals surface area contributed by atoms with Gasteiger partial charge >= 0.3 is 0 Å². The van der Waals surface area contributed by atoms with Gasteiger partial charge in [-0.3, -0.25) is 4.79 Å². The summed E-state index contributed by atoms with van der Waals surface area (Å²) in [6.07, 6.45) is 0.200. The van der Waals surface area contributed by atoms with Gasteiger partial charge in [0.2, 0.25) is 5.91 Å². The third kappa shape index (κ3) is 2.68. The quantitative estimate of drug-likeness (QED) is 0.514. The summed E-state index contributed by atoms with van der Waals surface area (Å²) >= 11 is 5.77. The number of halogens is 1. The Morgan fingerprint density at radius 1 is 1.33 bits per heavy atom. The Hall–Kier alpha value is -1.10. The van der Waals surface area contributed by atoms with Gasteiger partial charge in [-0.25, -0.2) is 10.9 Å². The third-order valence-corrected chi connectivity index (χ3v) is 2.55. The van der Waals surface area contributed by atoms with Crippen LogP contribution in [0.4, 0.5) is 0 Å². The molecule has 0 radical (unpaired) electrons. The molecule has 1 aromatic rings. The molecule has 1 unspecified atom stereocenters. The van der Waals surface area contributed by atoms with Crippen LogP contribution in [-0.4, -0.2) is 17.6 Å². The van der Waals surface area contributed by atoms with Gasteiger partial charge in [-0.15, -0.1) is 11.6 Å². The summed E-state index contributed by atoms with van der Waals surface area (Å²) in [5, 5.41) is 2.77. The van der Waals surface area contributed by atoms with E-state index in [4.69, 9.17) is 11.6 Å². The molecule has 1 fully saturated rings. The molecule has 0 bridgehead atoms. The highest BCUT2D eigenvalue weighted by Gasteiger charge is 2.28. The molecule has 3 N–H and O–H groups in total.